The van der Waals surface area contributed by atoms with Gasteiger partial charge in [-0.15, -0.1) is 0 Å². The van der Waals surface area contributed by atoms with E-state index in [-0.39, 0.29) is 17.9 Å². The number of likely N-dealkylation sites (tertiary alicyclic amines) is 1. The summed E-state index contributed by atoms with van der Waals surface area (Å²) in [6.07, 6.45) is 2.65. The first kappa shape index (κ1) is 15.5. The zero-order valence-corrected chi connectivity index (χ0v) is 12.8. The summed E-state index contributed by atoms with van der Waals surface area (Å²) < 4.78 is 0. The van der Waals surface area contributed by atoms with Crippen LogP contribution in [0.15, 0.2) is 30.3 Å². The Bertz CT molecular complexity index is 487. The van der Waals surface area contributed by atoms with Crippen LogP contribution in [0.1, 0.15) is 43.5 Å². The molecular weight excluding hydrogens is 264 g/mol. The van der Waals surface area contributed by atoms with Gasteiger partial charge < -0.3 is 10.2 Å². The van der Waals surface area contributed by atoms with Crippen molar-refractivity contribution in [3.05, 3.63) is 35.9 Å². The highest BCUT2D eigenvalue weighted by molar-refractivity contribution is 5.94. The summed E-state index contributed by atoms with van der Waals surface area (Å²) in [5.74, 6) is 0.599. The van der Waals surface area contributed by atoms with Crippen molar-refractivity contribution in [3.63, 3.8) is 0 Å². The number of carbonyl (C=O) groups is 2. The largest absolute Gasteiger partial charge is 0.349 e. The predicted molar refractivity (Wildman–Crippen MR) is 83.0 cm³/mol. The third-order valence-electron chi connectivity index (χ3n) is 3.90. The molecule has 1 heterocycles. The van der Waals surface area contributed by atoms with E-state index in [1.165, 1.54) is 6.42 Å². The highest BCUT2D eigenvalue weighted by Crippen LogP contribution is 2.16. The standard InChI is InChI=1S/C17H24N2O2/c1-13-7-6-10-19(12-13)16(20)11-14(2)18-17(21)15-8-4-3-5-9-15/h3-5,8-9,13-14H,6-7,10-12H2,1-2H3,(H,18,21)/t13-,14+/m0/s1. The number of rotatable bonds is 4. The van der Waals surface area contributed by atoms with Crippen LogP contribution in [0.25, 0.3) is 0 Å². The van der Waals surface area contributed by atoms with E-state index in [1.54, 1.807) is 12.1 Å². The summed E-state index contributed by atoms with van der Waals surface area (Å²) in [4.78, 5) is 26.2. The highest BCUT2D eigenvalue weighted by Gasteiger charge is 2.22. The molecule has 0 saturated carbocycles. The number of hydrogen-bond donors (Lipinski definition) is 1. The van der Waals surface area contributed by atoms with Gasteiger partial charge in [-0.05, 0) is 37.8 Å². The molecule has 114 valence electrons. The van der Waals surface area contributed by atoms with E-state index < -0.39 is 0 Å². The molecule has 21 heavy (non-hydrogen) atoms. The fourth-order valence-electron chi connectivity index (χ4n) is 2.75. The first-order valence-electron chi connectivity index (χ1n) is 7.70. The Morgan fingerprint density at radius 2 is 2.05 bits per heavy atom. The van der Waals surface area contributed by atoms with Gasteiger partial charge in [0.2, 0.25) is 5.91 Å². The van der Waals surface area contributed by atoms with Crippen LogP contribution in [0.4, 0.5) is 0 Å². The smallest absolute Gasteiger partial charge is 0.251 e. The van der Waals surface area contributed by atoms with Crippen LogP contribution in [-0.4, -0.2) is 35.8 Å². The van der Waals surface area contributed by atoms with Gasteiger partial charge in [0.25, 0.3) is 5.91 Å². The monoisotopic (exact) mass is 288 g/mol. The van der Waals surface area contributed by atoms with Gasteiger partial charge in [0.05, 0.1) is 0 Å². The minimum absolute atomic E-state index is 0.122. The summed E-state index contributed by atoms with van der Waals surface area (Å²) in [5, 5.41) is 2.89. The van der Waals surface area contributed by atoms with Crippen LogP contribution in [0.3, 0.4) is 0 Å². The molecule has 2 atom stereocenters. The maximum Gasteiger partial charge on any atom is 0.251 e. The number of benzene rings is 1. The number of carbonyl (C=O) groups excluding carboxylic acids is 2. The van der Waals surface area contributed by atoms with Gasteiger partial charge in [0.1, 0.15) is 0 Å². The summed E-state index contributed by atoms with van der Waals surface area (Å²) in [6.45, 7) is 5.76. The lowest BCUT2D eigenvalue weighted by molar-refractivity contribution is -0.133. The van der Waals surface area contributed by atoms with Crippen molar-refractivity contribution in [2.45, 2.75) is 39.2 Å². The predicted octanol–water partition coefficient (Wildman–Crippen LogP) is 2.45. The number of amides is 2. The third-order valence-corrected chi connectivity index (χ3v) is 3.90. The highest BCUT2D eigenvalue weighted by atomic mass is 16.2. The van der Waals surface area contributed by atoms with Crippen molar-refractivity contribution < 1.29 is 9.59 Å². The average molecular weight is 288 g/mol. The molecule has 1 aliphatic rings. The van der Waals surface area contributed by atoms with Gasteiger partial charge in [-0.1, -0.05) is 25.1 Å². The zero-order chi connectivity index (χ0) is 15.2. The molecule has 0 aromatic heterocycles. The lowest BCUT2D eigenvalue weighted by Gasteiger charge is -2.31. The van der Waals surface area contributed by atoms with Gasteiger partial charge in [0, 0.05) is 31.1 Å². The third kappa shape index (κ3) is 4.59. The van der Waals surface area contributed by atoms with E-state index in [1.807, 2.05) is 30.0 Å². The van der Waals surface area contributed by atoms with Gasteiger partial charge in [-0.3, -0.25) is 9.59 Å². The molecule has 0 radical (unpaired) electrons. The number of hydrogen-bond acceptors (Lipinski definition) is 2. The molecule has 4 heteroatoms. The maximum absolute atomic E-state index is 12.2. The Kier molecular flexibility index (Phi) is 5.37. The van der Waals surface area contributed by atoms with Crippen molar-refractivity contribution in [1.29, 1.82) is 0 Å². The fourth-order valence-corrected chi connectivity index (χ4v) is 2.75. The van der Waals surface area contributed by atoms with Crippen molar-refractivity contribution in [2.24, 2.45) is 5.92 Å². The van der Waals surface area contributed by atoms with Gasteiger partial charge in [0.15, 0.2) is 0 Å². The lowest BCUT2D eigenvalue weighted by atomic mass is 10.00. The summed E-state index contributed by atoms with van der Waals surface area (Å²) in [7, 11) is 0. The molecule has 2 rings (SSSR count). The second kappa shape index (κ2) is 7.25. The molecule has 0 aliphatic carbocycles. The Morgan fingerprint density at radius 1 is 1.33 bits per heavy atom. The molecule has 0 bridgehead atoms. The molecule has 1 N–H and O–H groups in total. The van der Waals surface area contributed by atoms with Crippen LogP contribution < -0.4 is 5.32 Å². The number of nitrogens with one attached hydrogen (secondary N) is 1. The second-order valence-electron chi connectivity index (χ2n) is 6.03. The van der Waals surface area contributed by atoms with Crippen LogP contribution in [0.2, 0.25) is 0 Å². The summed E-state index contributed by atoms with van der Waals surface area (Å²) in [5.41, 5.74) is 0.628. The first-order chi connectivity index (χ1) is 10.1. The van der Waals surface area contributed by atoms with Crippen LogP contribution in [-0.2, 0) is 4.79 Å². The SMILES string of the molecule is C[C@H]1CCCN(C(=O)C[C@@H](C)NC(=O)c2ccccc2)C1. The Morgan fingerprint density at radius 3 is 2.71 bits per heavy atom. The summed E-state index contributed by atoms with van der Waals surface area (Å²) >= 11 is 0. The van der Waals surface area contributed by atoms with Crippen molar-refractivity contribution >= 4 is 11.8 Å². The van der Waals surface area contributed by atoms with Gasteiger partial charge >= 0.3 is 0 Å². The Hall–Kier alpha value is -1.84. The van der Waals surface area contributed by atoms with E-state index in [0.717, 1.165) is 19.5 Å². The molecule has 0 unspecified atom stereocenters. The quantitative estimate of drug-likeness (QED) is 0.925. The maximum atomic E-state index is 12.2. The van der Waals surface area contributed by atoms with Crippen LogP contribution in [0.5, 0.6) is 0 Å². The van der Waals surface area contributed by atoms with E-state index in [4.69, 9.17) is 0 Å². The molecule has 1 aromatic carbocycles. The van der Waals surface area contributed by atoms with E-state index in [9.17, 15) is 9.59 Å². The Balaban J connectivity index is 1.82. The minimum atomic E-state index is -0.151. The lowest BCUT2D eigenvalue weighted by Crippen LogP contribution is -2.43. The van der Waals surface area contributed by atoms with Gasteiger partial charge in [-0.25, -0.2) is 0 Å². The minimum Gasteiger partial charge on any atom is -0.349 e. The average Bonchev–Trinajstić information content (AvgIpc) is 2.48. The van der Waals surface area contributed by atoms with Crippen molar-refractivity contribution in [3.8, 4) is 0 Å². The first-order valence-corrected chi connectivity index (χ1v) is 7.70. The fraction of sp³-hybridized carbons (Fsp3) is 0.529. The molecule has 4 nitrogen and oxygen atoms in total. The number of piperidine rings is 1. The Labute approximate surface area is 126 Å². The molecule has 1 fully saturated rings. The van der Waals surface area contributed by atoms with Crippen molar-refractivity contribution in [2.75, 3.05) is 13.1 Å². The van der Waals surface area contributed by atoms with Crippen molar-refractivity contribution in [1.82, 2.24) is 10.2 Å². The zero-order valence-electron chi connectivity index (χ0n) is 12.8. The van der Waals surface area contributed by atoms with Crippen LogP contribution in [0, 0.1) is 5.92 Å². The molecule has 0 spiro atoms. The van der Waals surface area contributed by atoms with Gasteiger partial charge in [-0.2, -0.15) is 0 Å². The number of nitrogens with zero attached hydrogens (tertiary/aromatic N) is 1. The molecular formula is C17H24N2O2. The normalized spacial score (nSPS) is 19.9. The van der Waals surface area contributed by atoms with E-state index in [0.29, 0.717) is 17.9 Å². The topological polar surface area (TPSA) is 49.4 Å². The molecule has 1 aromatic rings. The van der Waals surface area contributed by atoms with Crippen LogP contribution >= 0.6 is 0 Å². The molecule has 2 amide bonds. The molecule has 1 saturated heterocycles. The molecule has 1 aliphatic heterocycles. The summed E-state index contributed by atoms with van der Waals surface area (Å²) in [6, 6.07) is 8.94. The van der Waals surface area contributed by atoms with E-state index in [2.05, 4.69) is 12.2 Å². The van der Waals surface area contributed by atoms with E-state index >= 15 is 0 Å². The second-order valence-corrected chi connectivity index (χ2v) is 6.03.